The SMILES string of the molecule is COc1ccc(NC(=O)c2ccc3c(c2)NC(=O)CO3)cn1. The minimum atomic E-state index is -0.311. The number of ether oxygens (including phenoxy) is 2. The monoisotopic (exact) mass is 299 g/mol. The average molecular weight is 299 g/mol. The number of fused-ring (bicyclic) bond motifs is 1. The van der Waals surface area contributed by atoms with E-state index in [4.69, 9.17) is 9.47 Å². The molecule has 1 aromatic heterocycles. The molecule has 2 amide bonds. The number of nitrogens with one attached hydrogen (secondary N) is 2. The Balaban J connectivity index is 1.77. The molecule has 0 unspecified atom stereocenters. The number of hydrogen-bond donors (Lipinski definition) is 2. The van der Waals surface area contributed by atoms with Crippen LogP contribution in [-0.4, -0.2) is 30.5 Å². The van der Waals surface area contributed by atoms with Crippen LogP contribution in [0.1, 0.15) is 10.4 Å². The summed E-state index contributed by atoms with van der Waals surface area (Å²) in [5.41, 5.74) is 1.43. The number of benzene rings is 1. The second-order valence-electron chi connectivity index (χ2n) is 4.59. The molecule has 0 saturated heterocycles. The van der Waals surface area contributed by atoms with Crippen molar-refractivity contribution in [1.29, 1.82) is 0 Å². The highest BCUT2D eigenvalue weighted by atomic mass is 16.5. The Morgan fingerprint density at radius 3 is 2.95 bits per heavy atom. The van der Waals surface area contributed by atoms with Crippen molar-refractivity contribution in [3.8, 4) is 11.6 Å². The van der Waals surface area contributed by atoms with Gasteiger partial charge in [-0.3, -0.25) is 9.59 Å². The summed E-state index contributed by atoms with van der Waals surface area (Å²) in [5, 5.41) is 5.38. The van der Waals surface area contributed by atoms with Gasteiger partial charge in [-0.2, -0.15) is 0 Å². The normalized spacial score (nSPS) is 12.7. The van der Waals surface area contributed by atoms with E-state index in [9.17, 15) is 9.59 Å². The van der Waals surface area contributed by atoms with E-state index in [1.807, 2.05) is 0 Å². The molecule has 22 heavy (non-hydrogen) atoms. The first kappa shape index (κ1) is 13.9. The van der Waals surface area contributed by atoms with Crippen LogP contribution in [0.25, 0.3) is 0 Å². The van der Waals surface area contributed by atoms with E-state index in [0.29, 0.717) is 28.6 Å². The van der Waals surface area contributed by atoms with Gasteiger partial charge in [0, 0.05) is 11.6 Å². The molecule has 0 fully saturated rings. The van der Waals surface area contributed by atoms with E-state index in [1.165, 1.54) is 13.3 Å². The molecule has 7 nitrogen and oxygen atoms in total. The van der Waals surface area contributed by atoms with Crippen molar-refractivity contribution in [2.75, 3.05) is 24.4 Å². The summed E-state index contributed by atoms with van der Waals surface area (Å²) in [6, 6.07) is 8.18. The molecule has 1 aliphatic rings. The van der Waals surface area contributed by atoms with E-state index in [1.54, 1.807) is 30.3 Å². The molecule has 0 saturated carbocycles. The van der Waals surface area contributed by atoms with E-state index in [-0.39, 0.29) is 18.4 Å². The Bertz CT molecular complexity index is 728. The Morgan fingerprint density at radius 2 is 2.23 bits per heavy atom. The van der Waals surface area contributed by atoms with Crippen molar-refractivity contribution in [3.63, 3.8) is 0 Å². The van der Waals surface area contributed by atoms with Crippen molar-refractivity contribution >= 4 is 23.2 Å². The molecule has 112 valence electrons. The summed E-state index contributed by atoms with van der Waals surface area (Å²) >= 11 is 0. The third kappa shape index (κ3) is 2.83. The highest BCUT2D eigenvalue weighted by Gasteiger charge is 2.17. The standard InChI is InChI=1S/C15H13N3O4/c1-21-14-5-3-10(7-16-14)17-15(20)9-2-4-12-11(6-9)18-13(19)8-22-12/h2-7H,8H2,1H3,(H,17,20)(H,18,19). The number of amides is 2. The van der Waals surface area contributed by atoms with E-state index in [2.05, 4.69) is 15.6 Å². The zero-order valence-electron chi connectivity index (χ0n) is 11.8. The molecule has 0 bridgehead atoms. The minimum Gasteiger partial charge on any atom is -0.482 e. The summed E-state index contributed by atoms with van der Waals surface area (Å²) < 4.78 is 10.2. The molecule has 0 aliphatic carbocycles. The van der Waals surface area contributed by atoms with Crippen LogP contribution in [0.3, 0.4) is 0 Å². The quantitative estimate of drug-likeness (QED) is 0.900. The van der Waals surface area contributed by atoms with Gasteiger partial charge in [-0.05, 0) is 24.3 Å². The van der Waals surface area contributed by atoms with Crippen LogP contribution < -0.4 is 20.1 Å². The Morgan fingerprint density at radius 1 is 1.36 bits per heavy atom. The maximum absolute atomic E-state index is 12.2. The number of pyridine rings is 1. The molecule has 1 aromatic carbocycles. The van der Waals surface area contributed by atoms with Crippen LogP contribution in [-0.2, 0) is 4.79 Å². The van der Waals surface area contributed by atoms with Gasteiger partial charge in [0.2, 0.25) is 5.88 Å². The van der Waals surface area contributed by atoms with Crippen LogP contribution in [0.2, 0.25) is 0 Å². The molecule has 2 aromatic rings. The van der Waals surface area contributed by atoms with Gasteiger partial charge in [-0.15, -0.1) is 0 Å². The second kappa shape index (κ2) is 5.72. The maximum atomic E-state index is 12.2. The highest BCUT2D eigenvalue weighted by Crippen LogP contribution is 2.28. The Labute approximate surface area is 126 Å². The van der Waals surface area contributed by atoms with Crippen molar-refractivity contribution in [2.45, 2.75) is 0 Å². The minimum absolute atomic E-state index is 0.0178. The fraction of sp³-hybridized carbons (Fsp3) is 0.133. The molecule has 2 N–H and O–H groups in total. The molecule has 7 heteroatoms. The Kier molecular flexibility index (Phi) is 3.61. The van der Waals surface area contributed by atoms with Crippen molar-refractivity contribution in [2.24, 2.45) is 0 Å². The third-order valence-electron chi connectivity index (χ3n) is 3.08. The van der Waals surface area contributed by atoms with Crippen LogP contribution in [0.5, 0.6) is 11.6 Å². The fourth-order valence-electron chi connectivity index (χ4n) is 2.00. The Hall–Kier alpha value is -3.09. The van der Waals surface area contributed by atoms with E-state index >= 15 is 0 Å². The van der Waals surface area contributed by atoms with E-state index < -0.39 is 0 Å². The number of carbonyl (C=O) groups is 2. The lowest BCUT2D eigenvalue weighted by Gasteiger charge is -2.18. The largest absolute Gasteiger partial charge is 0.482 e. The van der Waals surface area contributed by atoms with Crippen molar-refractivity contribution in [3.05, 3.63) is 42.1 Å². The summed E-state index contributed by atoms with van der Waals surface area (Å²) in [7, 11) is 1.52. The maximum Gasteiger partial charge on any atom is 0.262 e. The van der Waals surface area contributed by atoms with Gasteiger partial charge in [0.15, 0.2) is 6.61 Å². The number of nitrogens with zero attached hydrogens (tertiary/aromatic N) is 1. The van der Waals surface area contributed by atoms with Gasteiger partial charge < -0.3 is 20.1 Å². The summed E-state index contributed by atoms with van der Waals surface area (Å²) in [4.78, 5) is 27.5. The predicted octanol–water partition coefficient (Wildman–Crippen LogP) is 1.67. The first-order chi connectivity index (χ1) is 10.7. The van der Waals surface area contributed by atoms with Gasteiger partial charge in [-0.1, -0.05) is 0 Å². The van der Waals surface area contributed by atoms with Gasteiger partial charge in [-0.25, -0.2) is 4.98 Å². The molecule has 0 spiro atoms. The number of hydrogen-bond acceptors (Lipinski definition) is 5. The molecule has 0 radical (unpaired) electrons. The first-order valence-corrected chi connectivity index (χ1v) is 6.54. The van der Waals surface area contributed by atoms with Crippen molar-refractivity contribution < 1.29 is 19.1 Å². The topological polar surface area (TPSA) is 89.6 Å². The number of rotatable bonds is 3. The lowest BCUT2D eigenvalue weighted by molar-refractivity contribution is -0.118. The van der Waals surface area contributed by atoms with Gasteiger partial charge in [0.05, 0.1) is 24.7 Å². The fourth-order valence-corrected chi connectivity index (χ4v) is 2.00. The molecule has 1 aliphatic heterocycles. The molecule has 0 atom stereocenters. The van der Waals surface area contributed by atoms with Gasteiger partial charge >= 0.3 is 0 Å². The molecular formula is C15H13N3O4. The molecular weight excluding hydrogens is 286 g/mol. The van der Waals surface area contributed by atoms with Crippen LogP contribution >= 0.6 is 0 Å². The van der Waals surface area contributed by atoms with Gasteiger partial charge in [0.25, 0.3) is 11.8 Å². The lowest BCUT2D eigenvalue weighted by atomic mass is 10.1. The number of methoxy groups -OCH3 is 1. The average Bonchev–Trinajstić information content (AvgIpc) is 2.54. The smallest absolute Gasteiger partial charge is 0.262 e. The third-order valence-corrected chi connectivity index (χ3v) is 3.08. The zero-order chi connectivity index (χ0) is 15.5. The second-order valence-corrected chi connectivity index (χ2v) is 4.59. The molecule has 2 heterocycles. The number of anilines is 2. The summed E-state index contributed by atoms with van der Waals surface area (Å²) in [5.74, 6) is 0.452. The van der Waals surface area contributed by atoms with Crippen LogP contribution in [0, 0.1) is 0 Å². The van der Waals surface area contributed by atoms with Crippen LogP contribution in [0.4, 0.5) is 11.4 Å². The number of carbonyl (C=O) groups excluding carboxylic acids is 2. The summed E-state index contributed by atoms with van der Waals surface area (Å²) in [6.45, 7) is -0.0178. The van der Waals surface area contributed by atoms with E-state index in [0.717, 1.165) is 0 Å². The summed E-state index contributed by atoms with van der Waals surface area (Å²) in [6.07, 6.45) is 1.50. The highest BCUT2D eigenvalue weighted by molar-refractivity contribution is 6.06. The number of aromatic nitrogens is 1. The van der Waals surface area contributed by atoms with Gasteiger partial charge in [0.1, 0.15) is 5.75 Å². The zero-order valence-corrected chi connectivity index (χ0v) is 11.8. The lowest BCUT2D eigenvalue weighted by Crippen LogP contribution is -2.25. The van der Waals surface area contributed by atoms with Crippen molar-refractivity contribution in [1.82, 2.24) is 4.98 Å². The first-order valence-electron chi connectivity index (χ1n) is 6.54. The molecule has 3 rings (SSSR count). The van der Waals surface area contributed by atoms with Crippen LogP contribution in [0.15, 0.2) is 36.5 Å². The predicted molar refractivity (Wildman–Crippen MR) is 79.3 cm³/mol.